The number of benzene rings is 2. The quantitative estimate of drug-likeness (QED) is 0.473. The van der Waals surface area contributed by atoms with Gasteiger partial charge in [0.1, 0.15) is 11.5 Å². The van der Waals surface area contributed by atoms with Crippen LogP contribution in [0.3, 0.4) is 0 Å². The van der Waals surface area contributed by atoms with E-state index in [1.165, 1.54) is 12.1 Å². The van der Waals surface area contributed by atoms with E-state index in [1.807, 2.05) is 6.07 Å². The third-order valence-electron chi connectivity index (χ3n) is 3.58. The number of allylic oxidation sites excluding steroid dienone is 1. The molecule has 0 aromatic heterocycles. The summed E-state index contributed by atoms with van der Waals surface area (Å²) in [5.41, 5.74) is 2.62. The van der Waals surface area contributed by atoms with Crippen molar-refractivity contribution >= 4 is 11.3 Å². The van der Waals surface area contributed by atoms with Crippen molar-refractivity contribution in [3.63, 3.8) is 0 Å². The van der Waals surface area contributed by atoms with E-state index >= 15 is 0 Å². The van der Waals surface area contributed by atoms with Crippen molar-refractivity contribution in [2.75, 3.05) is 14.2 Å². The van der Waals surface area contributed by atoms with Crippen LogP contribution in [0.15, 0.2) is 42.5 Å². The Morgan fingerprint density at radius 2 is 1.75 bits per heavy atom. The molecule has 2 aromatic carbocycles. The molecule has 0 saturated carbocycles. The van der Waals surface area contributed by atoms with Gasteiger partial charge in [0.2, 0.25) is 0 Å². The number of ether oxygens (including phenoxy) is 2. The van der Waals surface area contributed by atoms with Crippen molar-refractivity contribution in [3.05, 3.63) is 69.3 Å². The molecule has 0 heterocycles. The third-order valence-corrected chi connectivity index (χ3v) is 3.58. The van der Waals surface area contributed by atoms with E-state index in [4.69, 9.17) is 14.7 Å². The Morgan fingerprint density at radius 1 is 1.12 bits per heavy atom. The lowest BCUT2D eigenvalue weighted by Crippen LogP contribution is -1.96. The fourth-order valence-electron chi connectivity index (χ4n) is 2.39. The molecule has 24 heavy (non-hydrogen) atoms. The highest BCUT2D eigenvalue weighted by Gasteiger charge is 2.14. The lowest BCUT2D eigenvalue weighted by atomic mass is 9.95. The number of nitro benzene ring substituents is 1. The average Bonchev–Trinajstić information content (AvgIpc) is 2.58. The molecule has 0 amide bonds. The van der Waals surface area contributed by atoms with Gasteiger partial charge in [-0.3, -0.25) is 10.1 Å². The minimum atomic E-state index is -0.429. The smallest absolute Gasteiger partial charge is 0.272 e. The topological polar surface area (TPSA) is 85.4 Å². The maximum atomic E-state index is 11.0. The first-order valence-electron chi connectivity index (χ1n) is 7.08. The predicted octanol–water partition coefficient (Wildman–Crippen LogP) is 3.88. The molecule has 0 unspecified atom stereocenters. The summed E-state index contributed by atoms with van der Waals surface area (Å²) in [6.45, 7) is 1.66. The molecule has 0 spiro atoms. The van der Waals surface area contributed by atoms with Gasteiger partial charge < -0.3 is 9.47 Å². The maximum absolute atomic E-state index is 11.0. The van der Waals surface area contributed by atoms with Gasteiger partial charge in [0, 0.05) is 23.8 Å². The van der Waals surface area contributed by atoms with Gasteiger partial charge in [-0.2, -0.15) is 5.26 Å². The van der Waals surface area contributed by atoms with E-state index < -0.39 is 4.92 Å². The Balaban J connectivity index is 2.60. The fraction of sp³-hybridized carbons (Fsp3) is 0.167. The van der Waals surface area contributed by atoms with Gasteiger partial charge in [0.25, 0.3) is 5.69 Å². The Bertz CT molecular complexity index is 828. The van der Waals surface area contributed by atoms with Crippen LogP contribution in [0.4, 0.5) is 5.69 Å². The molecule has 2 rings (SSSR count). The van der Waals surface area contributed by atoms with Gasteiger partial charge in [0.05, 0.1) is 25.2 Å². The van der Waals surface area contributed by atoms with Crippen LogP contribution in [-0.4, -0.2) is 19.1 Å². The molecule has 0 fully saturated rings. The first kappa shape index (κ1) is 17.0. The Kier molecular flexibility index (Phi) is 5.17. The van der Waals surface area contributed by atoms with Crippen molar-refractivity contribution in [1.29, 1.82) is 5.26 Å². The highest BCUT2D eigenvalue weighted by atomic mass is 16.6. The summed E-state index contributed by atoms with van der Waals surface area (Å²) in [5.74, 6) is 1.18. The number of aryl methyl sites for hydroxylation is 1. The zero-order valence-electron chi connectivity index (χ0n) is 13.6. The first-order valence-corrected chi connectivity index (χ1v) is 7.08. The summed E-state index contributed by atoms with van der Waals surface area (Å²) in [6, 6.07) is 12.1. The Labute approximate surface area is 139 Å². The molecule has 0 aliphatic rings. The molecule has 0 radical (unpaired) electrons. The molecule has 2 aromatic rings. The zero-order chi connectivity index (χ0) is 17.7. The molecule has 0 saturated heterocycles. The molecule has 6 nitrogen and oxygen atoms in total. The number of nitro groups is 1. The number of methoxy groups -OCH3 is 2. The molecule has 122 valence electrons. The third kappa shape index (κ3) is 3.52. The summed E-state index contributed by atoms with van der Waals surface area (Å²) in [6.07, 6.45) is 1.40. The molecule has 6 heteroatoms. The monoisotopic (exact) mass is 324 g/mol. The number of hydrogen-bond donors (Lipinski definition) is 0. The summed E-state index contributed by atoms with van der Waals surface area (Å²) in [5, 5.41) is 20.1. The Hall–Kier alpha value is -3.33. The fourth-order valence-corrected chi connectivity index (χ4v) is 2.39. The minimum Gasteiger partial charge on any atom is -0.497 e. The van der Waals surface area contributed by atoms with Crippen LogP contribution in [0.25, 0.3) is 5.57 Å². The van der Waals surface area contributed by atoms with Crippen molar-refractivity contribution in [2.45, 2.75) is 6.92 Å². The van der Waals surface area contributed by atoms with Crippen LogP contribution in [-0.2, 0) is 0 Å². The van der Waals surface area contributed by atoms with E-state index in [-0.39, 0.29) is 5.69 Å². The van der Waals surface area contributed by atoms with Crippen LogP contribution < -0.4 is 9.47 Å². The van der Waals surface area contributed by atoms with Gasteiger partial charge in [-0.05, 0) is 47.9 Å². The molecule has 0 bridgehead atoms. The molecular formula is C18H16N2O4. The van der Waals surface area contributed by atoms with Gasteiger partial charge in [-0.1, -0.05) is 0 Å². The lowest BCUT2D eigenvalue weighted by molar-refractivity contribution is -0.385. The zero-order valence-corrected chi connectivity index (χ0v) is 13.6. The van der Waals surface area contributed by atoms with E-state index in [0.717, 1.165) is 5.56 Å². The van der Waals surface area contributed by atoms with Crippen LogP contribution in [0.5, 0.6) is 11.5 Å². The maximum Gasteiger partial charge on any atom is 0.272 e. The second-order valence-corrected chi connectivity index (χ2v) is 5.05. The predicted molar refractivity (Wildman–Crippen MR) is 90.1 cm³/mol. The van der Waals surface area contributed by atoms with Gasteiger partial charge in [-0.25, -0.2) is 0 Å². The molecular weight excluding hydrogens is 308 g/mol. The molecule has 0 aliphatic heterocycles. The second-order valence-electron chi connectivity index (χ2n) is 5.05. The minimum absolute atomic E-state index is 0.0401. The van der Waals surface area contributed by atoms with Gasteiger partial charge in [-0.15, -0.1) is 0 Å². The van der Waals surface area contributed by atoms with Gasteiger partial charge in [0.15, 0.2) is 0 Å². The highest BCUT2D eigenvalue weighted by molar-refractivity contribution is 5.83. The van der Waals surface area contributed by atoms with E-state index in [1.54, 1.807) is 51.5 Å². The van der Waals surface area contributed by atoms with Crippen LogP contribution in [0, 0.1) is 28.4 Å². The van der Waals surface area contributed by atoms with Crippen LogP contribution in [0.1, 0.15) is 16.7 Å². The van der Waals surface area contributed by atoms with Crippen molar-refractivity contribution in [2.24, 2.45) is 0 Å². The summed E-state index contributed by atoms with van der Waals surface area (Å²) in [7, 11) is 3.09. The first-order chi connectivity index (χ1) is 11.5. The highest BCUT2D eigenvalue weighted by Crippen LogP contribution is 2.32. The summed E-state index contributed by atoms with van der Waals surface area (Å²) < 4.78 is 10.5. The normalized spacial score (nSPS) is 10.8. The average molecular weight is 324 g/mol. The lowest BCUT2D eigenvalue weighted by Gasteiger charge is -2.12. The van der Waals surface area contributed by atoms with Crippen molar-refractivity contribution < 1.29 is 14.4 Å². The number of hydrogen-bond acceptors (Lipinski definition) is 5. The van der Waals surface area contributed by atoms with Crippen molar-refractivity contribution in [3.8, 4) is 17.6 Å². The SMILES string of the molecule is COc1cc(OC)cc(C(=CC#N)c2ccc([N+](=O)[O-])c(C)c2)c1. The van der Waals surface area contributed by atoms with E-state index in [9.17, 15) is 10.1 Å². The summed E-state index contributed by atoms with van der Waals surface area (Å²) >= 11 is 0. The number of nitriles is 1. The summed E-state index contributed by atoms with van der Waals surface area (Å²) in [4.78, 5) is 10.5. The van der Waals surface area contributed by atoms with Gasteiger partial charge >= 0.3 is 0 Å². The number of rotatable bonds is 5. The van der Waals surface area contributed by atoms with E-state index in [2.05, 4.69) is 0 Å². The molecule has 0 aliphatic carbocycles. The number of nitrogens with zero attached hydrogens (tertiary/aromatic N) is 2. The molecule has 0 atom stereocenters. The standard InChI is InChI=1S/C18H16N2O4/c1-12-8-13(4-5-18(12)20(21)22)17(6-7-19)14-9-15(23-2)11-16(10-14)24-3/h4-6,8-11H,1-3H3. The second kappa shape index (κ2) is 7.29. The van der Waals surface area contributed by atoms with Crippen molar-refractivity contribution in [1.82, 2.24) is 0 Å². The molecule has 0 N–H and O–H groups in total. The van der Waals surface area contributed by atoms with Crippen LogP contribution >= 0.6 is 0 Å². The van der Waals surface area contributed by atoms with Crippen LogP contribution in [0.2, 0.25) is 0 Å². The largest absolute Gasteiger partial charge is 0.497 e. The Morgan fingerprint density at radius 3 is 2.21 bits per heavy atom. The van der Waals surface area contributed by atoms with E-state index in [0.29, 0.717) is 28.2 Å².